The fraction of sp³-hybridized carbons (Fsp3) is 0.474. The molecule has 1 amide bonds. The number of hydrogen-bond donors (Lipinski definition) is 1. The van der Waals surface area contributed by atoms with E-state index in [2.05, 4.69) is 10.4 Å². The quantitative estimate of drug-likeness (QED) is 0.692. The lowest BCUT2D eigenvalue weighted by atomic mass is 9.97. The van der Waals surface area contributed by atoms with Crippen molar-refractivity contribution in [2.24, 2.45) is 5.92 Å². The summed E-state index contributed by atoms with van der Waals surface area (Å²) in [7, 11) is -3.54. The molecular formula is C19H25ClN4O3S. The summed E-state index contributed by atoms with van der Waals surface area (Å²) in [4.78, 5) is 12.6. The van der Waals surface area contributed by atoms with Gasteiger partial charge in [-0.15, -0.1) is 0 Å². The van der Waals surface area contributed by atoms with E-state index in [0.717, 1.165) is 18.7 Å². The first-order chi connectivity index (χ1) is 13.4. The molecule has 0 saturated carbocycles. The zero-order chi connectivity index (χ0) is 20.1. The Morgan fingerprint density at radius 1 is 1.21 bits per heavy atom. The predicted molar refractivity (Wildman–Crippen MR) is 108 cm³/mol. The second kappa shape index (κ2) is 9.07. The van der Waals surface area contributed by atoms with E-state index in [1.165, 1.54) is 16.4 Å². The van der Waals surface area contributed by atoms with Gasteiger partial charge in [0.15, 0.2) is 0 Å². The van der Waals surface area contributed by atoms with Crippen LogP contribution in [-0.4, -0.2) is 48.0 Å². The van der Waals surface area contributed by atoms with E-state index in [1.807, 2.05) is 17.7 Å². The SMILES string of the molecule is Cc1ccnn1CCCNC(=O)C1CCN(S(=O)(=O)c2ccc(Cl)cc2)CC1. The summed E-state index contributed by atoms with van der Waals surface area (Å²) < 4.78 is 28.8. The minimum Gasteiger partial charge on any atom is -0.356 e. The van der Waals surface area contributed by atoms with Gasteiger partial charge in [-0.1, -0.05) is 11.6 Å². The monoisotopic (exact) mass is 424 g/mol. The molecular weight excluding hydrogens is 400 g/mol. The molecule has 2 aromatic rings. The fourth-order valence-electron chi connectivity index (χ4n) is 3.33. The van der Waals surface area contributed by atoms with Gasteiger partial charge in [0.1, 0.15) is 0 Å². The minimum absolute atomic E-state index is 0.000674. The summed E-state index contributed by atoms with van der Waals surface area (Å²) in [6, 6.07) is 8.11. The number of amides is 1. The van der Waals surface area contributed by atoms with Crippen LogP contribution in [0.25, 0.3) is 0 Å². The Bertz CT molecular complexity index is 904. The molecule has 0 aliphatic carbocycles. The molecule has 28 heavy (non-hydrogen) atoms. The summed E-state index contributed by atoms with van der Waals surface area (Å²) >= 11 is 5.83. The molecule has 0 unspecified atom stereocenters. The first kappa shape index (κ1) is 20.8. The molecule has 0 bridgehead atoms. The van der Waals surface area contributed by atoms with Crippen molar-refractivity contribution < 1.29 is 13.2 Å². The zero-order valence-corrected chi connectivity index (χ0v) is 17.4. The van der Waals surface area contributed by atoms with Crippen molar-refractivity contribution in [3.8, 4) is 0 Å². The van der Waals surface area contributed by atoms with Gasteiger partial charge in [0.25, 0.3) is 0 Å². The van der Waals surface area contributed by atoms with Crippen LogP contribution in [0, 0.1) is 12.8 Å². The number of carbonyl (C=O) groups excluding carboxylic acids is 1. The van der Waals surface area contributed by atoms with Crippen LogP contribution in [0.5, 0.6) is 0 Å². The minimum atomic E-state index is -3.54. The highest BCUT2D eigenvalue weighted by molar-refractivity contribution is 7.89. The molecule has 1 aliphatic heterocycles. The average Bonchev–Trinajstić information content (AvgIpc) is 3.10. The molecule has 152 valence electrons. The van der Waals surface area contributed by atoms with E-state index in [-0.39, 0.29) is 16.7 Å². The molecule has 1 aromatic carbocycles. The van der Waals surface area contributed by atoms with Gasteiger partial charge in [-0.2, -0.15) is 9.40 Å². The molecule has 0 atom stereocenters. The smallest absolute Gasteiger partial charge is 0.243 e. The molecule has 0 radical (unpaired) electrons. The number of rotatable bonds is 7. The van der Waals surface area contributed by atoms with E-state index < -0.39 is 10.0 Å². The van der Waals surface area contributed by atoms with Crippen LogP contribution >= 0.6 is 11.6 Å². The highest BCUT2D eigenvalue weighted by atomic mass is 35.5. The van der Waals surface area contributed by atoms with Gasteiger partial charge in [0.05, 0.1) is 4.90 Å². The van der Waals surface area contributed by atoms with E-state index in [9.17, 15) is 13.2 Å². The Hall–Kier alpha value is -1.90. The molecule has 0 spiro atoms. The van der Waals surface area contributed by atoms with Gasteiger partial charge in [0, 0.05) is 49.0 Å². The molecule has 2 heterocycles. The summed E-state index contributed by atoms with van der Waals surface area (Å²) in [5.41, 5.74) is 1.10. The molecule has 1 saturated heterocycles. The highest BCUT2D eigenvalue weighted by Gasteiger charge is 2.31. The van der Waals surface area contributed by atoms with Crippen molar-refractivity contribution in [1.29, 1.82) is 0 Å². The van der Waals surface area contributed by atoms with Gasteiger partial charge in [-0.25, -0.2) is 8.42 Å². The van der Waals surface area contributed by atoms with Crippen LogP contribution in [0.2, 0.25) is 5.02 Å². The van der Waals surface area contributed by atoms with Crippen LogP contribution in [0.1, 0.15) is 25.0 Å². The van der Waals surface area contributed by atoms with Crippen LogP contribution in [0.4, 0.5) is 0 Å². The van der Waals surface area contributed by atoms with E-state index in [4.69, 9.17) is 11.6 Å². The maximum absolute atomic E-state index is 12.7. The van der Waals surface area contributed by atoms with E-state index in [1.54, 1.807) is 18.3 Å². The Morgan fingerprint density at radius 3 is 2.50 bits per heavy atom. The number of sulfonamides is 1. The molecule has 1 aromatic heterocycles. The normalized spacial score (nSPS) is 16.2. The van der Waals surface area contributed by atoms with Crippen molar-refractivity contribution in [2.45, 2.75) is 37.6 Å². The largest absolute Gasteiger partial charge is 0.356 e. The molecule has 3 rings (SSSR count). The molecule has 9 heteroatoms. The molecule has 1 fully saturated rings. The average molecular weight is 425 g/mol. The standard InChI is InChI=1S/C19H25ClN4O3S/c1-15-7-11-22-24(15)12-2-10-21-19(25)16-8-13-23(14-9-16)28(26,27)18-5-3-17(20)4-6-18/h3-7,11,16H,2,8-10,12-14H2,1H3,(H,21,25). The van der Waals surface area contributed by atoms with Crippen molar-refractivity contribution in [1.82, 2.24) is 19.4 Å². The van der Waals surface area contributed by atoms with Gasteiger partial charge >= 0.3 is 0 Å². The Kier molecular flexibility index (Phi) is 6.74. The molecule has 1 N–H and O–H groups in total. The molecule has 7 nitrogen and oxygen atoms in total. The number of aryl methyl sites for hydroxylation is 2. The van der Waals surface area contributed by atoms with Gasteiger partial charge in [0.2, 0.25) is 15.9 Å². The maximum atomic E-state index is 12.7. The van der Waals surface area contributed by atoms with Crippen LogP contribution < -0.4 is 5.32 Å². The number of benzene rings is 1. The number of nitrogens with one attached hydrogen (secondary N) is 1. The van der Waals surface area contributed by atoms with Crippen LogP contribution in [-0.2, 0) is 21.4 Å². The third kappa shape index (κ3) is 4.92. The van der Waals surface area contributed by atoms with Crippen LogP contribution in [0.15, 0.2) is 41.4 Å². The summed E-state index contributed by atoms with van der Waals surface area (Å²) in [5.74, 6) is -0.149. The Labute approximate surface area is 170 Å². The van der Waals surface area contributed by atoms with E-state index in [0.29, 0.717) is 37.5 Å². The predicted octanol–water partition coefficient (Wildman–Crippen LogP) is 2.45. The van der Waals surface area contributed by atoms with Crippen molar-refractivity contribution in [2.75, 3.05) is 19.6 Å². The summed E-state index contributed by atoms with van der Waals surface area (Å²) in [6.07, 6.45) is 3.62. The van der Waals surface area contributed by atoms with Gasteiger partial charge in [-0.05, 0) is 56.5 Å². The lowest BCUT2D eigenvalue weighted by Gasteiger charge is -2.30. The zero-order valence-electron chi connectivity index (χ0n) is 15.8. The highest BCUT2D eigenvalue weighted by Crippen LogP contribution is 2.24. The molecule has 1 aliphatic rings. The third-order valence-electron chi connectivity index (χ3n) is 5.05. The van der Waals surface area contributed by atoms with Gasteiger partial charge < -0.3 is 5.32 Å². The van der Waals surface area contributed by atoms with Crippen molar-refractivity contribution >= 4 is 27.5 Å². The summed E-state index contributed by atoms with van der Waals surface area (Å²) in [5, 5.41) is 7.68. The lowest BCUT2D eigenvalue weighted by Crippen LogP contribution is -2.43. The second-order valence-electron chi connectivity index (χ2n) is 6.97. The van der Waals surface area contributed by atoms with Crippen molar-refractivity contribution in [3.63, 3.8) is 0 Å². The number of aromatic nitrogens is 2. The van der Waals surface area contributed by atoms with Gasteiger partial charge in [-0.3, -0.25) is 9.48 Å². The maximum Gasteiger partial charge on any atom is 0.243 e. The summed E-state index contributed by atoms with van der Waals surface area (Å²) in [6.45, 7) is 4.03. The number of carbonyl (C=O) groups is 1. The Morgan fingerprint density at radius 2 is 1.89 bits per heavy atom. The number of nitrogens with zero attached hydrogens (tertiary/aromatic N) is 3. The first-order valence-electron chi connectivity index (χ1n) is 9.40. The van der Waals surface area contributed by atoms with Crippen LogP contribution in [0.3, 0.4) is 0 Å². The fourth-order valence-corrected chi connectivity index (χ4v) is 4.93. The Balaban J connectivity index is 1.44. The van der Waals surface area contributed by atoms with Crippen molar-refractivity contribution in [3.05, 3.63) is 47.2 Å². The number of hydrogen-bond acceptors (Lipinski definition) is 4. The van der Waals surface area contributed by atoms with E-state index >= 15 is 0 Å². The topological polar surface area (TPSA) is 84.3 Å². The number of halogens is 1. The lowest BCUT2D eigenvalue weighted by molar-refractivity contribution is -0.126. The third-order valence-corrected chi connectivity index (χ3v) is 7.22. The first-order valence-corrected chi connectivity index (χ1v) is 11.2. The number of piperidine rings is 1. The second-order valence-corrected chi connectivity index (χ2v) is 9.35.